The van der Waals surface area contributed by atoms with Gasteiger partial charge in [-0.25, -0.2) is 13.1 Å². The number of aryl methyl sites for hydroxylation is 2. The molecule has 0 spiro atoms. The molecule has 10 heteroatoms. The van der Waals surface area contributed by atoms with E-state index in [4.69, 9.17) is 0 Å². The van der Waals surface area contributed by atoms with Crippen LogP contribution in [0.4, 0.5) is 0 Å². The number of hydrogen-bond donors (Lipinski definition) is 2. The molecule has 2 rings (SSSR count). The summed E-state index contributed by atoms with van der Waals surface area (Å²) >= 11 is 0. The van der Waals surface area contributed by atoms with Crippen LogP contribution in [0.5, 0.6) is 0 Å². The molecule has 1 heterocycles. The highest BCUT2D eigenvalue weighted by atomic mass is 127. The quantitative estimate of drug-likeness (QED) is 0.212. The molecule has 2 aromatic rings. The van der Waals surface area contributed by atoms with Crippen LogP contribution in [0.25, 0.3) is 0 Å². The number of benzene rings is 1. The maximum atomic E-state index is 12.4. The molecule has 0 fully saturated rings. The van der Waals surface area contributed by atoms with Gasteiger partial charge >= 0.3 is 0 Å². The highest BCUT2D eigenvalue weighted by molar-refractivity contribution is 14.0. The summed E-state index contributed by atoms with van der Waals surface area (Å²) < 4.78 is 29.2. The predicted octanol–water partition coefficient (Wildman–Crippen LogP) is 2.85. The molecule has 0 saturated heterocycles. The molecule has 174 valence electrons. The third-order valence-electron chi connectivity index (χ3n) is 4.58. The van der Waals surface area contributed by atoms with E-state index in [1.165, 1.54) is 0 Å². The first kappa shape index (κ1) is 27.4. The summed E-state index contributed by atoms with van der Waals surface area (Å²) in [5, 5.41) is 7.82. The van der Waals surface area contributed by atoms with Crippen LogP contribution >= 0.6 is 24.0 Å². The zero-order chi connectivity index (χ0) is 22.3. The topological polar surface area (TPSA) is 91.6 Å². The van der Waals surface area contributed by atoms with Crippen LogP contribution in [0.2, 0.25) is 0 Å². The molecule has 0 aliphatic heterocycles. The Kier molecular flexibility index (Phi) is 10.9. The fraction of sp³-hybridized carbons (Fsp3) is 0.524. The monoisotopic (exact) mass is 562 g/mol. The minimum atomic E-state index is -3.53. The molecule has 31 heavy (non-hydrogen) atoms. The molecule has 0 unspecified atom stereocenters. The van der Waals surface area contributed by atoms with Gasteiger partial charge in [-0.3, -0.25) is 9.67 Å². The molecule has 8 nitrogen and oxygen atoms in total. The van der Waals surface area contributed by atoms with Crippen molar-refractivity contribution in [3.05, 3.63) is 47.3 Å². The standard InChI is InChI=1S/C21H34N6O2S.HI/c1-7-22-21(26(5)14-18-15-27(6)25-20(18)16(2)3)23-12-13-24-30(28,29)19-10-8-17(4)9-11-19;/h8-11,15-16,24H,7,12-14H2,1-6H3,(H,22,23);1H. The van der Waals surface area contributed by atoms with Crippen molar-refractivity contribution in [3.63, 3.8) is 0 Å². The Labute approximate surface area is 203 Å². The van der Waals surface area contributed by atoms with Crippen molar-refractivity contribution in [2.24, 2.45) is 12.0 Å². The van der Waals surface area contributed by atoms with Gasteiger partial charge in [-0.2, -0.15) is 5.10 Å². The highest BCUT2D eigenvalue weighted by Gasteiger charge is 2.16. The molecular formula is C21H35IN6O2S. The Balaban J connectivity index is 0.00000480. The zero-order valence-electron chi connectivity index (χ0n) is 19.2. The van der Waals surface area contributed by atoms with Crippen LogP contribution < -0.4 is 10.0 Å². The van der Waals surface area contributed by atoms with E-state index < -0.39 is 10.0 Å². The Morgan fingerprint density at radius 3 is 2.48 bits per heavy atom. The third kappa shape index (κ3) is 8.08. The lowest BCUT2D eigenvalue weighted by Gasteiger charge is -2.22. The lowest BCUT2D eigenvalue weighted by molar-refractivity contribution is 0.473. The Morgan fingerprint density at radius 2 is 1.90 bits per heavy atom. The van der Waals surface area contributed by atoms with Gasteiger partial charge < -0.3 is 10.2 Å². The molecule has 0 aliphatic carbocycles. The molecular weight excluding hydrogens is 527 g/mol. The average molecular weight is 563 g/mol. The van der Waals surface area contributed by atoms with Crippen molar-refractivity contribution in [1.82, 2.24) is 24.7 Å². The number of nitrogens with zero attached hydrogens (tertiary/aromatic N) is 4. The second kappa shape index (κ2) is 12.4. The van der Waals surface area contributed by atoms with Gasteiger partial charge in [0.15, 0.2) is 5.96 Å². The number of halogens is 1. The van der Waals surface area contributed by atoms with Gasteiger partial charge in [-0.1, -0.05) is 31.5 Å². The summed E-state index contributed by atoms with van der Waals surface area (Å²) in [7, 11) is 0.360. The van der Waals surface area contributed by atoms with Crippen LogP contribution in [0.1, 0.15) is 43.5 Å². The molecule has 0 aliphatic rings. The van der Waals surface area contributed by atoms with Crippen molar-refractivity contribution in [1.29, 1.82) is 0 Å². The zero-order valence-corrected chi connectivity index (χ0v) is 22.4. The SMILES string of the molecule is CCNC(=NCCNS(=O)(=O)c1ccc(C)cc1)N(C)Cc1cn(C)nc1C(C)C.I. The second-order valence-corrected chi connectivity index (χ2v) is 9.44. The Bertz CT molecular complexity index is 955. The summed E-state index contributed by atoms with van der Waals surface area (Å²) in [5.41, 5.74) is 3.25. The molecule has 0 atom stereocenters. The van der Waals surface area contributed by atoms with Gasteiger partial charge in [0.25, 0.3) is 0 Å². The fourth-order valence-corrected chi connectivity index (χ4v) is 4.13. The van der Waals surface area contributed by atoms with Crippen LogP contribution in [-0.2, 0) is 23.6 Å². The molecule has 0 radical (unpaired) electrons. The third-order valence-corrected chi connectivity index (χ3v) is 6.06. The van der Waals surface area contributed by atoms with Gasteiger partial charge in [0.2, 0.25) is 10.0 Å². The van der Waals surface area contributed by atoms with E-state index in [-0.39, 0.29) is 35.4 Å². The van der Waals surface area contributed by atoms with E-state index in [9.17, 15) is 8.42 Å². The van der Waals surface area contributed by atoms with E-state index in [0.29, 0.717) is 19.0 Å². The van der Waals surface area contributed by atoms with Gasteiger partial charge in [-0.15, -0.1) is 24.0 Å². The molecule has 1 aromatic heterocycles. The smallest absolute Gasteiger partial charge is 0.240 e. The first-order valence-corrected chi connectivity index (χ1v) is 11.7. The first-order chi connectivity index (χ1) is 14.1. The van der Waals surface area contributed by atoms with Crippen molar-refractivity contribution >= 4 is 40.0 Å². The lowest BCUT2D eigenvalue weighted by Crippen LogP contribution is -2.39. The van der Waals surface area contributed by atoms with Crippen LogP contribution in [0.3, 0.4) is 0 Å². The van der Waals surface area contributed by atoms with E-state index in [0.717, 1.165) is 29.3 Å². The van der Waals surface area contributed by atoms with E-state index >= 15 is 0 Å². The highest BCUT2D eigenvalue weighted by Crippen LogP contribution is 2.18. The lowest BCUT2D eigenvalue weighted by atomic mass is 10.1. The number of guanidine groups is 1. The number of rotatable bonds is 9. The van der Waals surface area contributed by atoms with E-state index in [1.54, 1.807) is 24.3 Å². The molecule has 2 N–H and O–H groups in total. The maximum absolute atomic E-state index is 12.4. The Morgan fingerprint density at radius 1 is 1.26 bits per heavy atom. The van der Waals surface area contributed by atoms with Crippen LogP contribution in [0.15, 0.2) is 40.4 Å². The molecule has 0 bridgehead atoms. The van der Waals surface area contributed by atoms with Gasteiger partial charge in [-0.05, 0) is 31.9 Å². The minimum absolute atomic E-state index is 0. The predicted molar refractivity (Wildman–Crippen MR) is 137 cm³/mol. The number of hydrogen-bond acceptors (Lipinski definition) is 4. The summed E-state index contributed by atoms with van der Waals surface area (Å²) in [6.45, 7) is 10.1. The molecule has 0 saturated carbocycles. The van der Waals surface area contributed by atoms with Gasteiger partial charge in [0, 0.05) is 45.5 Å². The average Bonchev–Trinajstić information content (AvgIpc) is 3.05. The first-order valence-electron chi connectivity index (χ1n) is 10.2. The van der Waals surface area contributed by atoms with Crippen molar-refractivity contribution in [3.8, 4) is 0 Å². The van der Waals surface area contributed by atoms with Crippen LogP contribution in [0, 0.1) is 6.92 Å². The number of sulfonamides is 1. The summed E-state index contributed by atoms with van der Waals surface area (Å²) in [6, 6.07) is 6.79. The number of aliphatic imine (C=N–C) groups is 1. The van der Waals surface area contributed by atoms with Crippen molar-refractivity contribution < 1.29 is 8.42 Å². The van der Waals surface area contributed by atoms with Crippen molar-refractivity contribution in [2.75, 3.05) is 26.7 Å². The molecule has 1 aromatic carbocycles. The Hall–Kier alpha value is -1.66. The maximum Gasteiger partial charge on any atom is 0.240 e. The summed E-state index contributed by atoms with van der Waals surface area (Å²) in [5.74, 6) is 1.07. The molecule has 0 amide bonds. The van der Waals surface area contributed by atoms with E-state index in [1.807, 2.05) is 43.7 Å². The van der Waals surface area contributed by atoms with Gasteiger partial charge in [0.05, 0.1) is 17.1 Å². The van der Waals surface area contributed by atoms with E-state index in [2.05, 4.69) is 34.0 Å². The van der Waals surface area contributed by atoms with Gasteiger partial charge in [0.1, 0.15) is 0 Å². The largest absolute Gasteiger partial charge is 0.357 e. The fourth-order valence-electron chi connectivity index (χ4n) is 3.11. The second-order valence-electron chi connectivity index (χ2n) is 7.67. The normalized spacial score (nSPS) is 12.0. The summed E-state index contributed by atoms with van der Waals surface area (Å²) in [4.78, 5) is 6.87. The van der Waals surface area contributed by atoms with Crippen molar-refractivity contribution in [2.45, 2.75) is 45.1 Å². The number of nitrogens with one attached hydrogen (secondary N) is 2. The number of aromatic nitrogens is 2. The minimum Gasteiger partial charge on any atom is -0.357 e. The van der Waals surface area contributed by atoms with Crippen LogP contribution in [-0.4, -0.2) is 55.7 Å². The summed E-state index contributed by atoms with van der Waals surface area (Å²) in [6.07, 6.45) is 2.03.